The van der Waals surface area contributed by atoms with Gasteiger partial charge in [-0.2, -0.15) is 5.26 Å². The molecule has 0 fully saturated rings. The van der Waals surface area contributed by atoms with Gasteiger partial charge in [0.15, 0.2) is 0 Å². The summed E-state index contributed by atoms with van der Waals surface area (Å²) in [6.07, 6.45) is 0.303. The third-order valence-electron chi connectivity index (χ3n) is 2.22. The van der Waals surface area contributed by atoms with Gasteiger partial charge in [0.1, 0.15) is 0 Å². The second-order valence-corrected chi connectivity index (χ2v) is 3.51. The van der Waals surface area contributed by atoms with Crippen LogP contribution >= 0.6 is 0 Å². The minimum atomic E-state index is -0.464. The summed E-state index contributed by atoms with van der Waals surface area (Å²) in [6.45, 7) is 5.52. The van der Waals surface area contributed by atoms with Gasteiger partial charge in [0.05, 0.1) is 18.6 Å². The highest BCUT2D eigenvalue weighted by Gasteiger charge is 2.27. The number of ether oxygens (including phenoxy) is 1. The Morgan fingerprint density at radius 1 is 1.67 bits per heavy atom. The van der Waals surface area contributed by atoms with Gasteiger partial charge in [0, 0.05) is 6.42 Å². The Morgan fingerprint density at radius 3 is 2.50 bits per heavy atom. The zero-order valence-corrected chi connectivity index (χ0v) is 8.05. The summed E-state index contributed by atoms with van der Waals surface area (Å²) in [5, 5.41) is 8.75. The summed E-state index contributed by atoms with van der Waals surface area (Å²) in [5.74, 6) is -0.235. The van der Waals surface area contributed by atoms with Crippen LogP contribution < -0.4 is 0 Å². The van der Waals surface area contributed by atoms with E-state index in [1.165, 1.54) is 7.11 Å². The fraction of sp³-hybridized carbons (Fsp3) is 0.778. The van der Waals surface area contributed by atoms with Crippen LogP contribution in [0.3, 0.4) is 0 Å². The first-order valence-electron chi connectivity index (χ1n) is 3.92. The highest BCUT2D eigenvalue weighted by Crippen LogP contribution is 2.27. The Kier molecular flexibility index (Phi) is 3.75. The lowest BCUT2D eigenvalue weighted by Gasteiger charge is -2.22. The molecule has 68 valence electrons. The fourth-order valence-electron chi connectivity index (χ4n) is 0.699. The van der Waals surface area contributed by atoms with Crippen molar-refractivity contribution in [3.63, 3.8) is 0 Å². The summed E-state index contributed by atoms with van der Waals surface area (Å²) in [4.78, 5) is 10.9. The number of hydrogen-bond acceptors (Lipinski definition) is 3. The minimum Gasteiger partial charge on any atom is -0.469 e. The molecule has 0 rings (SSSR count). The van der Waals surface area contributed by atoms with Crippen molar-refractivity contribution in [2.45, 2.75) is 27.2 Å². The molecular weight excluding hydrogens is 154 g/mol. The quantitative estimate of drug-likeness (QED) is 0.604. The topological polar surface area (TPSA) is 50.1 Å². The zero-order chi connectivity index (χ0) is 9.78. The van der Waals surface area contributed by atoms with Crippen LogP contribution in [0.15, 0.2) is 0 Å². The van der Waals surface area contributed by atoms with Crippen LogP contribution in [0.4, 0.5) is 0 Å². The molecule has 0 saturated carbocycles. The number of esters is 1. The number of rotatable bonds is 3. The molecule has 0 amide bonds. The van der Waals surface area contributed by atoms with E-state index in [2.05, 4.69) is 10.8 Å². The third kappa shape index (κ3) is 2.91. The van der Waals surface area contributed by atoms with Crippen LogP contribution in [0, 0.1) is 22.7 Å². The molecule has 0 aliphatic heterocycles. The van der Waals surface area contributed by atoms with Crippen molar-refractivity contribution in [3.05, 3.63) is 0 Å². The first-order valence-corrected chi connectivity index (χ1v) is 3.92. The SMILES string of the molecule is COC(=O)CC(C)C(C)(C)C#N. The van der Waals surface area contributed by atoms with Crippen LogP contribution in [0.5, 0.6) is 0 Å². The van der Waals surface area contributed by atoms with Gasteiger partial charge in [-0.05, 0) is 19.8 Å². The van der Waals surface area contributed by atoms with Crippen molar-refractivity contribution in [2.24, 2.45) is 11.3 Å². The Balaban J connectivity index is 4.14. The predicted octanol–water partition coefficient (Wildman–Crippen LogP) is 1.74. The van der Waals surface area contributed by atoms with E-state index in [-0.39, 0.29) is 11.9 Å². The van der Waals surface area contributed by atoms with Crippen molar-refractivity contribution in [1.29, 1.82) is 5.26 Å². The Hall–Kier alpha value is -1.04. The first-order chi connectivity index (χ1) is 5.44. The lowest BCUT2D eigenvalue weighted by molar-refractivity contribution is -0.142. The molecule has 0 aliphatic carbocycles. The monoisotopic (exact) mass is 169 g/mol. The van der Waals surface area contributed by atoms with Crippen molar-refractivity contribution in [2.75, 3.05) is 7.11 Å². The van der Waals surface area contributed by atoms with E-state index >= 15 is 0 Å². The molecule has 0 N–H and O–H groups in total. The smallest absolute Gasteiger partial charge is 0.305 e. The number of methoxy groups -OCH3 is 1. The number of carbonyl (C=O) groups is 1. The van der Waals surface area contributed by atoms with Gasteiger partial charge in [0.25, 0.3) is 0 Å². The molecule has 0 radical (unpaired) electrons. The van der Waals surface area contributed by atoms with Crippen LogP contribution in [0.1, 0.15) is 27.2 Å². The van der Waals surface area contributed by atoms with Gasteiger partial charge in [-0.3, -0.25) is 4.79 Å². The molecule has 1 atom stereocenters. The van der Waals surface area contributed by atoms with Crippen molar-refractivity contribution < 1.29 is 9.53 Å². The van der Waals surface area contributed by atoms with Gasteiger partial charge in [-0.25, -0.2) is 0 Å². The maximum Gasteiger partial charge on any atom is 0.305 e. The maximum atomic E-state index is 10.9. The average Bonchev–Trinajstić information content (AvgIpc) is 2.04. The van der Waals surface area contributed by atoms with E-state index in [0.29, 0.717) is 6.42 Å². The zero-order valence-electron chi connectivity index (χ0n) is 8.05. The molecule has 0 bridgehead atoms. The maximum absolute atomic E-state index is 10.9. The predicted molar refractivity (Wildman–Crippen MR) is 45.2 cm³/mol. The van der Waals surface area contributed by atoms with E-state index in [0.717, 1.165) is 0 Å². The molecular formula is C9H15NO2. The highest BCUT2D eigenvalue weighted by molar-refractivity contribution is 5.69. The normalized spacial score (nSPS) is 13.2. The second kappa shape index (κ2) is 4.10. The number of hydrogen-bond donors (Lipinski definition) is 0. The van der Waals surface area contributed by atoms with Gasteiger partial charge in [-0.15, -0.1) is 0 Å². The molecule has 3 nitrogen and oxygen atoms in total. The van der Waals surface area contributed by atoms with E-state index in [4.69, 9.17) is 5.26 Å². The summed E-state index contributed by atoms with van der Waals surface area (Å²) in [5.41, 5.74) is -0.464. The number of nitrogens with zero attached hydrogens (tertiary/aromatic N) is 1. The minimum absolute atomic E-state index is 0.0231. The average molecular weight is 169 g/mol. The number of carbonyl (C=O) groups excluding carboxylic acids is 1. The molecule has 3 heteroatoms. The molecule has 0 spiro atoms. The molecule has 1 unspecified atom stereocenters. The Bertz CT molecular complexity index is 203. The first kappa shape index (κ1) is 11.0. The lowest BCUT2D eigenvalue weighted by atomic mass is 9.80. The summed E-state index contributed by atoms with van der Waals surface area (Å²) >= 11 is 0. The molecule has 12 heavy (non-hydrogen) atoms. The standard InChI is InChI=1S/C9H15NO2/c1-7(5-8(11)12-4)9(2,3)6-10/h7H,5H2,1-4H3. The molecule has 0 heterocycles. The highest BCUT2D eigenvalue weighted by atomic mass is 16.5. The largest absolute Gasteiger partial charge is 0.469 e. The van der Waals surface area contributed by atoms with Crippen LogP contribution in [-0.4, -0.2) is 13.1 Å². The van der Waals surface area contributed by atoms with Gasteiger partial charge < -0.3 is 4.74 Å². The van der Waals surface area contributed by atoms with Crippen molar-refractivity contribution in [1.82, 2.24) is 0 Å². The summed E-state index contributed by atoms with van der Waals surface area (Å²) in [6, 6.07) is 2.16. The summed E-state index contributed by atoms with van der Waals surface area (Å²) < 4.78 is 4.51. The Labute approximate surface area is 73.3 Å². The summed E-state index contributed by atoms with van der Waals surface area (Å²) in [7, 11) is 1.36. The lowest BCUT2D eigenvalue weighted by Crippen LogP contribution is -2.22. The van der Waals surface area contributed by atoms with E-state index in [1.54, 1.807) is 0 Å². The molecule has 0 aromatic carbocycles. The van der Waals surface area contributed by atoms with Crippen LogP contribution in [0.25, 0.3) is 0 Å². The van der Waals surface area contributed by atoms with E-state index in [9.17, 15) is 4.79 Å². The van der Waals surface area contributed by atoms with Crippen LogP contribution in [-0.2, 0) is 9.53 Å². The third-order valence-corrected chi connectivity index (χ3v) is 2.22. The van der Waals surface area contributed by atoms with E-state index in [1.807, 2.05) is 20.8 Å². The second-order valence-electron chi connectivity index (χ2n) is 3.51. The molecule has 0 aromatic heterocycles. The Morgan fingerprint density at radius 2 is 2.17 bits per heavy atom. The van der Waals surface area contributed by atoms with Gasteiger partial charge >= 0.3 is 5.97 Å². The molecule has 0 aromatic rings. The molecule has 0 aliphatic rings. The van der Waals surface area contributed by atoms with Crippen molar-refractivity contribution in [3.8, 4) is 6.07 Å². The van der Waals surface area contributed by atoms with Crippen molar-refractivity contribution >= 4 is 5.97 Å². The molecule has 0 saturated heterocycles. The van der Waals surface area contributed by atoms with Gasteiger partial charge in [0.2, 0.25) is 0 Å². The van der Waals surface area contributed by atoms with Crippen LogP contribution in [0.2, 0.25) is 0 Å². The van der Waals surface area contributed by atoms with Gasteiger partial charge in [-0.1, -0.05) is 6.92 Å². The van der Waals surface area contributed by atoms with E-state index < -0.39 is 5.41 Å². The number of nitriles is 1. The fourth-order valence-corrected chi connectivity index (χ4v) is 0.699.